The number of nitrogens with one attached hydrogen (secondary N) is 2. The Bertz CT molecular complexity index is 2210. The van der Waals surface area contributed by atoms with Gasteiger partial charge in [-0.05, 0) is 113 Å². The van der Waals surface area contributed by atoms with Crippen molar-refractivity contribution >= 4 is 52.2 Å². The van der Waals surface area contributed by atoms with Crippen LogP contribution in [0, 0.1) is 0 Å². The summed E-state index contributed by atoms with van der Waals surface area (Å²) >= 11 is 11.3. The van der Waals surface area contributed by atoms with E-state index in [1.54, 1.807) is 0 Å². The van der Waals surface area contributed by atoms with E-state index in [1.165, 1.54) is 23.1 Å². The minimum atomic E-state index is 0.101. The molecule has 0 aliphatic heterocycles. The van der Waals surface area contributed by atoms with Crippen LogP contribution in [-0.2, 0) is 0 Å². The van der Waals surface area contributed by atoms with Gasteiger partial charge in [0.2, 0.25) is 22.5 Å². The molecule has 0 bridgehead atoms. The zero-order valence-corrected chi connectivity index (χ0v) is 36.1. The zero-order valence-electron chi connectivity index (χ0n) is 34.6. The molecule has 0 saturated carbocycles. The third-order valence-electron chi connectivity index (χ3n) is 10.1. The van der Waals surface area contributed by atoms with Crippen LogP contribution in [0.4, 0.5) is 29.0 Å². The first-order valence-electron chi connectivity index (χ1n) is 20.1. The lowest BCUT2D eigenvalue weighted by atomic mass is 9.99. The highest BCUT2D eigenvalue weighted by atomic mass is 35.5. The number of hydrogen-bond donors (Lipinski definition) is 3. The van der Waals surface area contributed by atoms with Crippen molar-refractivity contribution in [3.63, 3.8) is 0 Å². The Morgan fingerprint density at radius 1 is 0.441 bits per heavy atom. The van der Waals surface area contributed by atoms with E-state index in [9.17, 15) is 0 Å². The molecule has 7 aromatic rings. The van der Waals surface area contributed by atoms with Crippen LogP contribution >= 0.6 is 23.2 Å². The Morgan fingerprint density at radius 2 is 0.780 bits per heavy atom. The molecular formula is C48H53Cl2N9. The fraction of sp³-hybridized carbons (Fsp3) is 0.250. The van der Waals surface area contributed by atoms with Crippen molar-refractivity contribution in [1.82, 2.24) is 29.9 Å². The Hall–Kier alpha value is -5.90. The number of benzene rings is 5. The van der Waals surface area contributed by atoms with E-state index >= 15 is 0 Å². The Balaban J connectivity index is 0.000000214. The lowest BCUT2D eigenvalue weighted by Gasteiger charge is -2.13. The van der Waals surface area contributed by atoms with Gasteiger partial charge in [0.25, 0.3) is 0 Å². The molecule has 5 aromatic carbocycles. The molecule has 0 fully saturated rings. The van der Waals surface area contributed by atoms with Crippen LogP contribution in [0.5, 0.6) is 0 Å². The van der Waals surface area contributed by atoms with Gasteiger partial charge < -0.3 is 16.4 Å². The quantitative estimate of drug-likeness (QED) is 0.103. The van der Waals surface area contributed by atoms with Gasteiger partial charge in [-0.3, -0.25) is 0 Å². The largest absolute Gasteiger partial charge is 0.399 e. The topological polar surface area (TPSA) is 127 Å². The van der Waals surface area contributed by atoms with Crippen LogP contribution in [0.15, 0.2) is 133 Å². The van der Waals surface area contributed by atoms with E-state index in [0.29, 0.717) is 41.3 Å². The molecule has 9 nitrogen and oxygen atoms in total. The summed E-state index contributed by atoms with van der Waals surface area (Å²) in [6.07, 6.45) is 3.42. The lowest BCUT2D eigenvalue weighted by Crippen LogP contribution is -2.06. The van der Waals surface area contributed by atoms with Gasteiger partial charge in [-0.1, -0.05) is 139 Å². The number of aromatic nitrogens is 6. The zero-order chi connectivity index (χ0) is 42.1. The molecule has 2 heterocycles. The maximum Gasteiger partial charge on any atom is 0.232 e. The number of halogens is 2. The molecule has 0 radical (unpaired) electrons. The second-order valence-electron chi connectivity index (χ2n) is 14.3. The van der Waals surface area contributed by atoms with Crippen LogP contribution in [0.2, 0.25) is 10.6 Å². The highest BCUT2D eigenvalue weighted by Crippen LogP contribution is 2.26. The minimum Gasteiger partial charge on any atom is -0.399 e. The van der Waals surface area contributed by atoms with Crippen molar-refractivity contribution in [2.75, 3.05) is 16.4 Å². The number of hydrogen-bond acceptors (Lipinski definition) is 9. The Labute approximate surface area is 359 Å². The fourth-order valence-electron chi connectivity index (χ4n) is 5.83. The summed E-state index contributed by atoms with van der Waals surface area (Å²) in [6.45, 7) is 13.3. The summed E-state index contributed by atoms with van der Waals surface area (Å²) in [5.74, 6) is 3.84. The summed E-state index contributed by atoms with van der Waals surface area (Å²) in [5, 5.41) is 6.91. The first-order chi connectivity index (χ1) is 28.5. The van der Waals surface area contributed by atoms with Crippen molar-refractivity contribution in [2.45, 2.75) is 78.6 Å². The van der Waals surface area contributed by atoms with Crippen LogP contribution in [0.3, 0.4) is 0 Å². The maximum atomic E-state index is 5.65. The molecule has 4 N–H and O–H groups in total. The molecule has 0 aliphatic rings. The number of nitrogen functional groups attached to an aromatic ring is 1. The van der Waals surface area contributed by atoms with Crippen LogP contribution in [0.25, 0.3) is 22.8 Å². The summed E-state index contributed by atoms with van der Waals surface area (Å²) in [6, 6.07) is 44.5. The molecule has 7 rings (SSSR count). The second-order valence-corrected chi connectivity index (χ2v) is 15.0. The first kappa shape index (κ1) is 44.2. The lowest BCUT2D eigenvalue weighted by molar-refractivity contribution is 0.734. The first-order valence-corrected chi connectivity index (χ1v) is 20.8. The van der Waals surface area contributed by atoms with E-state index in [1.807, 2.05) is 72.8 Å². The summed E-state index contributed by atoms with van der Waals surface area (Å²) < 4.78 is 0. The van der Waals surface area contributed by atoms with Crippen molar-refractivity contribution in [1.29, 1.82) is 0 Å². The molecule has 0 aliphatic carbocycles. The SMILES string of the molecule is CCC(C)c1ccc(N)cc1.CCC(C)c1ccc(Nc2nc(Nc3ccc(C(C)CC)cc3)nc(-c3ccccc3)n2)cc1.Clc1nc(Cl)nc(-c2ccccc2)n1. The van der Waals surface area contributed by atoms with Crippen molar-refractivity contribution in [3.8, 4) is 22.8 Å². The number of nitrogens with zero attached hydrogens (tertiary/aromatic N) is 6. The normalized spacial score (nSPS) is 12.1. The van der Waals surface area contributed by atoms with E-state index < -0.39 is 0 Å². The van der Waals surface area contributed by atoms with E-state index in [0.717, 1.165) is 41.0 Å². The third kappa shape index (κ3) is 13.6. The standard InChI is InChI=1S/C29H33N5.C10H15N.C9H5Cl2N3/c1-5-20(3)22-12-16-25(17-13-22)30-28-32-27(24-10-8-7-9-11-24)33-29(34-28)31-26-18-14-23(15-19-26)21(4)6-2;1-3-8(2)9-4-6-10(11)7-5-9;10-8-12-7(13-9(11)14-8)6-4-2-1-3-5-6/h7-21H,5-6H2,1-4H3,(H2,30,31,32,33,34);4-8H,3,11H2,1-2H3;1-5H. The predicted molar refractivity (Wildman–Crippen MR) is 247 cm³/mol. The van der Waals surface area contributed by atoms with Crippen molar-refractivity contribution < 1.29 is 0 Å². The second kappa shape index (κ2) is 22.3. The van der Waals surface area contributed by atoms with Crippen molar-refractivity contribution in [2.24, 2.45) is 0 Å². The van der Waals surface area contributed by atoms with Gasteiger partial charge in [0, 0.05) is 28.2 Å². The van der Waals surface area contributed by atoms with E-state index in [2.05, 4.69) is 143 Å². The summed E-state index contributed by atoms with van der Waals surface area (Å²) in [4.78, 5) is 25.6. The van der Waals surface area contributed by atoms with Crippen molar-refractivity contribution in [3.05, 3.63) is 161 Å². The van der Waals surface area contributed by atoms with Gasteiger partial charge >= 0.3 is 0 Å². The Morgan fingerprint density at radius 3 is 1.14 bits per heavy atom. The van der Waals surface area contributed by atoms with Crippen LogP contribution < -0.4 is 16.4 Å². The molecule has 304 valence electrons. The van der Waals surface area contributed by atoms with Gasteiger partial charge in [-0.25, -0.2) is 0 Å². The molecule has 0 saturated heterocycles. The molecule has 59 heavy (non-hydrogen) atoms. The highest BCUT2D eigenvalue weighted by molar-refractivity contribution is 6.31. The third-order valence-corrected chi connectivity index (χ3v) is 10.4. The van der Waals surface area contributed by atoms with E-state index in [-0.39, 0.29) is 10.6 Å². The van der Waals surface area contributed by atoms with Gasteiger partial charge in [-0.15, -0.1) is 0 Å². The predicted octanol–water partition coefficient (Wildman–Crippen LogP) is 13.7. The van der Waals surface area contributed by atoms with Gasteiger partial charge in [0.05, 0.1) is 0 Å². The van der Waals surface area contributed by atoms with Crippen LogP contribution in [0.1, 0.15) is 95.2 Å². The molecule has 2 aromatic heterocycles. The molecule has 0 spiro atoms. The number of anilines is 5. The van der Waals surface area contributed by atoms with Crippen LogP contribution in [-0.4, -0.2) is 29.9 Å². The maximum absolute atomic E-state index is 5.65. The highest BCUT2D eigenvalue weighted by Gasteiger charge is 2.11. The monoisotopic (exact) mass is 825 g/mol. The van der Waals surface area contributed by atoms with Gasteiger partial charge in [0.15, 0.2) is 11.6 Å². The smallest absolute Gasteiger partial charge is 0.232 e. The Kier molecular flexibility index (Phi) is 16.7. The average molecular weight is 827 g/mol. The number of nitrogens with two attached hydrogens (primary N) is 1. The minimum absolute atomic E-state index is 0.101. The number of rotatable bonds is 12. The molecule has 3 unspecified atom stereocenters. The molecule has 3 atom stereocenters. The van der Waals surface area contributed by atoms with E-state index in [4.69, 9.17) is 28.9 Å². The average Bonchev–Trinajstić information content (AvgIpc) is 3.27. The molecule has 0 amide bonds. The molecular weight excluding hydrogens is 773 g/mol. The van der Waals surface area contributed by atoms with Gasteiger partial charge in [0.1, 0.15) is 0 Å². The fourth-order valence-corrected chi connectivity index (χ4v) is 6.19. The summed E-state index contributed by atoms with van der Waals surface area (Å²) in [5.41, 5.74) is 14.1. The molecule has 11 heteroatoms. The van der Waals surface area contributed by atoms with Gasteiger partial charge in [-0.2, -0.15) is 29.9 Å². The summed E-state index contributed by atoms with van der Waals surface area (Å²) in [7, 11) is 0.